The van der Waals surface area contributed by atoms with Gasteiger partial charge in [-0.2, -0.15) is 8.42 Å². The van der Waals surface area contributed by atoms with E-state index in [0.717, 1.165) is 5.56 Å². The fraction of sp³-hybridized carbons (Fsp3) is 0.143. The van der Waals surface area contributed by atoms with Crippen LogP contribution in [0.2, 0.25) is 0 Å². The summed E-state index contributed by atoms with van der Waals surface area (Å²) >= 11 is 0. The lowest BCUT2D eigenvalue weighted by Crippen LogP contribution is -1.96. The lowest BCUT2D eigenvalue weighted by atomic mass is 10.2. The third-order valence-electron chi connectivity index (χ3n) is 1.22. The molecule has 60 valence electrons. The highest BCUT2D eigenvalue weighted by atomic mass is 32.2. The number of rotatable bonds is 1. The summed E-state index contributed by atoms with van der Waals surface area (Å²) in [6.07, 6.45) is 0. The van der Waals surface area contributed by atoms with E-state index in [1.54, 1.807) is 6.92 Å². The summed E-state index contributed by atoms with van der Waals surface area (Å²) < 4.78 is 37.0. The van der Waals surface area contributed by atoms with Crippen LogP contribution in [0.1, 0.15) is 6.93 Å². The molecule has 1 rings (SSSR count). The summed E-state index contributed by atoms with van der Waals surface area (Å²) in [7, 11) is -4.24. The highest BCUT2D eigenvalue weighted by Crippen LogP contribution is 2.08. The maximum Gasteiger partial charge on any atom is 0.294 e. The molecule has 0 amide bonds. The number of benzene rings is 1. The Morgan fingerprint density at radius 1 is 1.45 bits per heavy atom. The van der Waals surface area contributed by atoms with E-state index in [4.69, 9.17) is 5.92 Å². The van der Waals surface area contributed by atoms with Crippen molar-refractivity contribution < 1.29 is 14.3 Å². The van der Waals surface area contributed by atoms with Crippen LogP contribution in [0.5, 0.6) is 0 Å². The lowest BCUT2D eigenvalue weighted by Gasteiger charge is -1.95. The molecule has 1 aromatic carbocycles. The van der Waals surface area contributed by atoms with Gasteiger partial charge in [-0.05, 0) is 19.0 Å². The van der Waals surface area contributed by atoms with E-state index in [-0.39, 0.29) is 10.9 Å². The molecular formula is C7H8O3S. The molecule has 0 radical (unpaired) electrons. The van der Waals surface area contributed by atoms with Crippen molar-refractivity contribution in [3.63, 3.8) is 0 Å². The highest BCUT2D eigenvalue weighted by Gasteiger charge is 2.06. The largest absolute Gasteiger partial charge is 0.294 e. The van der Waals surface area contributed by atoms with Crippen molar-refractivity contribution in [2.24, 2.45) is 0 Å². The van der Waals surface area contributed by atoms with Gasteiger partial charge < -0.3 is 0 Å². The predicted octanol–water partition coefficient (Wildman–Crippen LogP) is 1.24. The highest BCUT2D eigenvalue weighted by molar-refractivity contribution is 7.85. The van der Waals surface area contributed by atoms with E-state index >= 15 is 0 Å². The standard InChI is InChI=1S/C7H8O3S/c1-6-2-4-7(5-3-6)11(8,9)10/h2-5H,1H3,(H,8,9,10)/i4D. The summed E-state index contributed by atoms with van der Waals surface area (Å²) in [4.78, 5) is -0.354. The van der Waals surface area contributed by atoms with Crippen molar-refractivity contribution in [2.45, 2.75) is 11.8 Å². The topological polar surface area (TPSA) is 54.4 Å². The third kappa shape index (κ3) is 2.03. The molecule has 0 aromatic heterocycles. The Kier molecular flexibility index (Phi) is 1.63. The molecule has 0 atom stereocenters. The number of hydrogen-bond donors (Lipinski definition) is 1. The monoisotopic (exact) mass is 173 g/mol. The molecule has 0 aliphatic carbocycles. The van der Waals surface area contributed by atoms with Gasteiger partial charge in [-0.3, -0.25) is 4.55 Å². The number of aryl methyl sites for hydroxylation is 1. The van der Waals surface area contributed by atoms with Crippen LogP contribution in [0.3, 0.4) is 0 Å². The minimum absolute atomic E-state index is 0.183. The van der Waals surface area contributed by atoms with E-state index in [2.05, 4.69) is 0 Å². The van der Waals surface area contributed by atoms with E-state index in [1.165, 1.54) is 18.2 Å². The van der Waals surface area contributed by atoms with E-state index in [9.17, 15) is 8.42 Å². The predicted molar refractivity (Wildman–Crippen MR) is 41.0 cm³/mol. The summed E-state index contributed by atoms with van der Waals surface area (Å²) in [6.45, 7) is 1.74. The average molecular weight is 173 g/mol. The zero-order chi connectivity index (χ0) is 9.35. The molecule has 0 unspecified atom stereocenters. The Balaban J connectivity index is 3.39. The second kappa shape index (κ2) is 2.64. The van der Waals surface area contributed by atoms with E-state index < -0.39 is 10.1 Å². The second-order valence-electron chi connectivity index (χ2n) is 2.21. The summed E-state index contributed by atoms with van der Waals surface area (Å²) in [5, 5.41) is 0. The smallest absolute Gasteiger partial charge is 0.282 e. The molecule has 0 spiro atoms. The first-order valence-corrected chi connectivity index (χ1v) is 4.40. The van der Waals surface area contributed by atoms with Gasteiger partial charge in [0.25, 0.3) is 10.1 Å². The first-order valence-electron chi connectivity index (χ1n) is 3.46. The van der Waals surface area contributed by atoms with Gasteiger partial charge >= 0.3 is 0 Å². The Bertz CT molecular complexity index is 397. The van der Waals surface area contributed by atoms with Gasteiger partial charge in [-0.25, -0.2) is 0 Å². The van der Waals surface area contributed by atoms with Crippen molar-refractivity contribution in [1.82, 2.24) is 0 Å². The molecule has 11 heavy (non-hydrogen) atoms. The normalized spacial score (nSPS) is 12.7. The zero-order valence-corrected chi connectivity index (χ0v) is 6.72. The fourth-order valence-electron chi connectivity index (χ4n) is 0.649. The maximum atomic E-state index is 10.6. The van der Waals surface area contributed by atoms with Gasteiger partial charge in [0.05, 0.1) is 6.27 Å². The van der Waals surface area contributed by atoms with Gasteiger partial charge in [0, 0.05) is 0 Å². The SMILES string of the molecule is [2H]c1cc(C)ccc1S(=O)(=O)O. The minimum atomic E-state index is -4.24. The molecule has 0 bridgehead atoms. The molecule has 0 fully saturated rings. The molecule has 0 saturated carbocycles. The van der Waals surface area contributed by atoms with Gasteiger partial charge in [0.2, 0.25) is 0 Å². The van der Waals surface area contributed by atoms with Crippen molar-refractivity contribution in [2.75, 3.05) is 0 Å². The quantitative estimate of drug-likeness (QED) is 0.650. The van der Waals surface area contributed by atoms with E-state index in [1.807, 2.05) is 0 Å². The van der Waals surface area contributed by atoms with Crippen molar-refractivity contribution in [3.05, 3.63) is 29.8 Å². The molecule has 1 N–H and O–H groups in total. The van der Waals surface area contributed by atoms with E-state index in [0.29, 0.717) is 0 Å². The van der Waals surface area contributed by atoms with Gasteiger partial charge in [0.15, 0.2) is 0 Å². The van der Waals surface area contributed by atoms with Crippen LogP contribution in [0.15, 0.2) is 29.1 Å². The summed E-state index contributed by atoms with van der Waals surface area (Å²) in [6, 6.07) is 3.94. The Hall–Kier alpha value is -0.870. The Morgan fingerprint density at radius 2 is 2.09 bits per heavy atom. The van der Waals surface area contributed by atoms with Crippen molar-refractivity contribution in [3.8, 4) is 0 Å². The Labute approximate surface area is 66.8 Å². The summed E-state index contributed by atoms with van der Waals surface area (Å²) in [5.74, 6) is 0. The zero-order valence-electron chi connectivity index (χ0n) is 6.90. The van der Waals surface area contributed by atoms with Gasteiger partial charge in [-0.1, -0.05) is 17.7 Å². The van der Waals surface area contributed by atoms with Crippen LogP contribution in [0.25, 0.3) is 0 Å². The van der Waals surface area contributed by atoms with Crippen molar-refractivity contribution in [1.29, 1.82) is 0 Å². The molecule has 0 aliphatic rings. The molecule has 0 saturated heterocycles. The molecule has 3 nitrogen and oxygen atoms in total. The van der Waals surface area contributed by atoms with Crippen LogP contribution in [-0.2, 0) is 10.1 Å². The minimum Gasteiger partial charge on any atom is -0.282 e. The van der Waals surface area contributed by atoms with Gasteiger partial charge in [-0.15, -0.1) is 0 Å². The fourth-order valence-corrected chi connectivity index (χ4v) is 1.10. The molecule has 0 heterocycles. The Morgan fingerprint density at radius 3 is 2.55 bits per heavy atom. The maximum absolute atomic E-state index is 10.6. The molecule has 4 heteroatoms. The third-order valence-corrected chi connectivity index (χ3v) is 2.03. The lowest BCUT2D eigenvalue weighted by molar-refractivity contribution is 0.483. The average Bonchev–Trinajstić information content (AvgIpc) is 1.83. The number of hydrogen-bond acceptors (Lipinski definition) is 2. The molecule has 0 aliphatic heterocycles. The van der Waals surface area contributed by atoms with Crippen LogP contribution in [0, 0.1) is 6.92 Å². The van der Waals surface area contributed by atoms with Crippen LogP contribution < -0.4 is 0 Å². The first kappa shape index (κ1) is 6.82. The summed E-state index contributed by atoms with van der Waals surface area (Å²) in [5.41, 5.74) is 0.785. The van der Waals surface area contributed by atoms with Crippen molar-refractivity contribution >= 4 is 10.1 Å². The van der Waals surface area contributed by atoms with Crippen LogP contribution >= 0.6 is 0 Å². The first-order chi connectivity index (χ1) is 5.41. The molecular weight excluding hydrogens is 164 g/mol. The van der Waals surface area contributed by atoms with Gasteiger partial charge in [0.1, 0.15) is 0 Å². The second-order valence-corrected chi connectivity index (χ2v) is 3.60. The van der Waals surface area contributed by atoms with Crippen LogP contribution in [0.4, 0.5) is 0 Å². The van der Waals surface area contributed by atoms with Crippen LogP contribution in [-0.4, -0.2) is 13.0 Å². The molecule has 1 aromatic rings.